The zero-order chi connectivity index (χ0) is 29.8. The third-order valence-corrected chi connectivity index (χ3v) is 11.6. The molecule has 0 aromatic heterocycles. The zero-order valence-corrected chi connectivity index (χ0v) is 25.7. The van der Waals surface area contributed by atoms with Gasteiger partial charge in [-0.15, -0.1) is 0 Å². The van der Waals surface area contributed by atoms with Gasteiger partial charge in [0.2, 0.25) is 0 Å². The number of epoxide rings is 1. The fourth-order valence-corrected chi connectivity index (χ4v) is 8.74. The SMILES string of the molecule is O=C1NS(=O)(=O)N(C[C@@H]2CO2)CC/C=C/[C@H](O)[C@@H]2CC[C@H]2CN2C[C@@]3(CCCc4cc(Cl)ccc43)COc3ccc1cc32. The van der Waals surface area contributed by atoms with Crippen molar-refractivity contribution in [3.63, 3.8) is 0 Å². The Morgan fingerprint density at radius 1 is 1.16 bits per heavy atom. The van der Waals surface area contributed by atoms with E-state index in [1.54, 1.807) is 24.3 Å². The Kier molecular flexibility index (Phi) is 7.70. The number of rotatable bonds is 2. The predicted molar refractivity (Wildman–Crippen MR) is 164 cm³/mol. The topological polar surface area (TPSA) is 112 Å². The molecule has 2 aliphatic carbocycles. The molecule has 1 amide bonds. The van der Waals surface area contributed by atoms with E-state index in [-0.39, 0.29) is 42.0 Å². The van der Waals surface area contributed by atoms with Gasteiger partial charge in [-0.05, 0) is 91.8 Å². The van der Waals surface area contributed by atoms with Crippen LogP contribution >= 0.6 is 11.6 Å². The first-order chi connectivity index (χ1) is 20.7. The van der Waals surface area contributed by atoms with Gasteiger partial charge in [-0.2, -0.15) is 12.7 Å². The number of carbonyl (C=O) groups is 1. The molecule has 1 saturated heterocycles. The van der Waals surface area contributed by atoms with E-state index in [2.05, 4.69) is 21.8 Å². The monoisotopic (exact) mass is 627 g/mol. The first-order valence-electron chi connectivity index (χ1n) is 15.3. The van der Waals surface area contributed by atoms with Gasteiger partial charge in [0, 0.05) is 42.2 Å². The van der Waals surface area contributed by atoms with Gasteiger partial charge in [-0.25, -0.2) is 4.72 Å². The third kappa shape index (κ3) is 5.80. The smallest absolute Gasteiger partial charge is 0.304 e. The molecule has 3 aliphatic heterocycles. The summed E-state index contributed by atoms with van der Waals surface area (Å²) in [5.74, 6) is 0.365. The Morgan fingerprint density at radius 3 is 2.81 bits per heavy atom. The number of amides is 1. The highest BCUT2D eigenvalue weighted by molar-refractivity contribution is 7.87. The Balaban J connectivity index is 1.27. The van der Waals surface area contributed by atoms with Crippen molar-refractivity contribution in [2.75, 3.05) is 44.3 Å². The van der Waals surface area contributed by atoms with Crippen molar-refractivity contribution < 1.29 is 27.8 Å². The number of nitrogens with zero attached hydrogens (tertiary/aromatic N) is 2. The summed E-state index contributed by atoms with van der Waals surface area (Å²) in [4.78, 5) is 15.8. The highest BCUT2D eigenvalue weighted by Crippen LogP contribution is 2.46. The van der Waals surface area contributed by atoms with E-state index in [0.29, 0.717) is 38.5 Å². The summed E-state index contributed by atoms with van der Waals surface area (Å²) in [5.41, 5.74) is 3.25. The van der Waals surface area contributed by atoms with Gasteiger partial charge in [0.25, 0.3) is 5.91 Å². The van der Waals surface area contributed by atoms with Crippen molar-refractivity contribution >= 4 is 33.4 Å². The molecule has 230 valence electrons. The van der Waals surface area contributed by atoms with Crippen LogP contribution < -0.4 is 14.4 Å². The summed E-state index contributed by atoms with van der Waals surface area (Å²) in [6.07, 6.45) is 8.18. The average Bonchev–Trinajstić information content (AvgIpc) is 3.79. The lowest BCUT2D eigenvalue weighted by Crippen LogP contribution is -2.49. The largest absolute Gasteiger partial charge is 0.490 e. The number of nitrogens with one attached hydrogen (secondary N) is 1. The number of hydrogen-bond donors (Lipinski definition) is 2. The number of aliphatic hydroxyl groups excluding tert-OH is 1. The first-order valence-corrected chi connectivity index (χ1v) is 17.1. The van der Waals surface area contributed by atoms with Crippen molar-refractivity contribution in [2.24, 2.45) is 11.8 Å². The van der Waals surface area contributed by atoms with Crippen LogP contribution in [0.25, 0.3) is 0 Å². The average molecular weight is 628 g/mol. The van der Waals surface area contributed by atoms with Crippen molar-refractivity contribution in [3.8, 4) is 5.75 Å². The molecular formula is C32H38ClN3O6S. The van der Waals surface area contributed by atoms with Crippen molar-refractivity contribution in [2.45, 2.75) is 56.1 Å². The lowest BCUT2D eigenvalue weighted by atomic mass is 9.68. The number of halogens is 1. The molecule has 2 fully saturated rings. The van der Waals surface area contributed by atoms with E-state index >= 15 is 0 Å². The maximum atomic E-state index is 13.4. The van der Waals surface area contributed by atoms with E-state index in [1.165, 1.54) is 15.4 Å². The number of aryl methyl sites for hydroxylation is 1. The minimum Gasteiger partial charge on any atom is -0.490 e. The molecule has 7 rings (SSSR count). The van der Waals surface area contributed by atoms with Gasteiger partial charge >= 0.3 is 10.2 Å². The van der Waals surface area contributed by atoms with Gasteiger partial charge in [0.1, 0.15) is 5.75 Å². The van der Waals surface area contributed by atoms with Crippen LogP contribution in [0.2, 0.25) is 5.02 Å². The molecule has 43 heavy (non-hydrogen) atoms. The molecule has 5 atom stereocenters. The highest BCUT2D eigenvalue weighted by Gasteiger charge is 2.44. The molecule has 0 unspecified atom stereocenters. The highest BCUT2D eigenvalue weighted by atomic mass is 35.5. The van der Waals surface area contributed by atoms with E-state index in [0.717, 1.165) is 42.8 Å². The predicted octanol–water partition coefficient (Wildman–Crippen LogP) is 3.84. The molecule has 2 aromatic carbocycles. The Bertz CT molecular complexity index is 1550. The summed E-state index contributed by atoms with van der Waals surface area (Å²) >= 11 is 6.39. The van der Waals surface area contributed by atoms with Crippen molar-refractivity contribution in [1.29, 1.82) is 0 Å². The van der Waals surface area contributed by atoms with Gasteiger partial charge in [0.05, 0.1) is 31.1 Å². The first kappa shape index (κ1) is 29.1. The molecule has 9 nitrogen and oxygen atoms in total. The minimum atomic E-state index is -4.12. The van der Waals surface area contributed by atoms with Crippen LogP contribution in [0.15, 0.2) is 48.6 Å². The maximum absolute atomic E-state index is 13.4. The van der Waals surface area contributed by atoms with Crippen LogP contribution in [0.4, 0.5) is 5.69 Å². The fraction of sp³-hybridized carbons (Fsp3) is 0.531. The zero-order valence-electron chi connectivity index (χ0n) is 24.1. The number of ether oxygens (including phenoxy) is 2. The molecule has 1 saturated carbocycles. The molecular weight excluding hydrogens is 590 g/mol. The molecule has 5 aliphatic rings. The van der Waals surface area contributed by atoms with E-state index < -0.39 is 22.2 Å². The number of aliphatic hydroxyl groups is 1. The molecule has 2 aromatic rings. The Hall–Kier alpha value is -2.63. The third-order valence-electron chi connectivity index (χ3n) is 9.92. The maximum Gasteiger partial charge on any atom is 0.304 e. The Labute approximate surface area is 258 Å². The van der Waals surface area contributed by atoms with Crippen molar-refractivity contribution in [1.82, 2.24) is 9.03 Å². The second kappa shape index (κ2) is 11.4. The summed E-state index contributed by atoms with van der Waals surface area (Å²) in [6.45, 7) is 2.72. The summed E-state index contributed by atoms with van der Waals surface area (Å²) in [5, 5.41) is 11.9. The molecule has 1 spiro atoms. The summed E-state index contributed by atoms with van der Waals surface area (Å²) in [6, 6.07) is 11.3. The fourth-order valence-electron chi connectivity index (χ4n) is 7.36. The van der Waals surface area contributed by atoms with Gasteiger partial charge in [0.15, 0.2) is 0 Å². The molecule has 2 N–H and O–H groups in total. The van der Waals surface area contributed by atoms with E-state index in [1.807, 2.05) is 12.1 Å². The quantitative estimate of drug-likeness (QED) is 0.385. The summed E-state index contributed by atoms with van der Waals surface area (Å²) in [7, 11) is -4.12. The number of fused-ring (bicyclic) bond motifs is 4. The van der Waals surface area contributed by atoms with Gasteiger partial charge < -0.3 is 19.5 Å². The lowest BCUT2D eigenvalue weighted by Gasteiger charge is -2.45. The molecule has 3 heterocycles. The second-order valence-corrected chi connectivity index (χ2v) is 14.9. The Morgan fingerprint density at radius 2 is 2.02 bits per heavy atom. The van der Waals surface area contributed by atoms with E-state index in [4.69, 9.17) is 21.1 Å². The van der Waals surface area contributed by atoms with Crippen LogP contribution in [0, 0.1) is 11.8 Å². The summed E-state index contributed by atoms with van der Waals surface area (Å²) < 4.78 is 42.1. The number of anilines is 1. The van der Waals surface area contributed by atoms with Crippen LogP contribution in [0.5, 0.6) is 5.75 Å². The second-order valence-electron chi connectivity index (χ2n) is 12.7. The van der Waals surface area contributed by atoms with Crippen LogP contribution in [-0.4, -0.2) is 75.3 Å². The number of benzene rings is 2. The standard InChI is InChI=1S/C32H38ClN3O6S/c33-24-8-10-27-21(14-24)4-3-12-32(27)19-35-16-23-6-9-26(23)29(37)5-1-2-13-36(17-25-18-41-25)43(39,40)34-31(38)22-7-11-30(42-20-32)28(35)15-22/h1,5,7-8,10-11,14-15,23,25-26,29,37H,2-4,6,9,12-13,16-20H2,(H,34,38)/b5-1+/t23-,25+,26+,29-,32-/m0/s1. The lowest BCUT2D eigenvalue weighted by molar-refractivity contribution is 0.0456. The van der Waals surface area contributed by atoms with Crippen LogP contribution in [-0.2, 0) is 26.8 Å². The molecule has 0 radical (unpaired) electrons. The molecule has 11 heteroatoms. The molecule has 2 bridgehead atoms. The van der Waals surface area contributed by atoms with Crippen LogP contribution in [0.3, 0.4) is 0 Å². The van der Waals surface area contributed by atoms with Crippen LogP contribution in [0.1, 0.15) is 53.6 Å². The minimum absolute atomic E-state index is 0.108. The normalized spacial score (nSPS) is 32.8. The van der Waals surface area contributed by atoms with Crippen molar-refractivity contribution in [3.05, 3.63) is 70.3 Å². The van der Waals surface area contributed by atoms with Gasteiger partial charge in [-0.3, -0.25) is 4.79 Å². The number of carbonyl (C=O) groups excluding carboxylic acids is 1. The van der Waals surface area contributed by atoms with E-state index in [9.17, 15) is 18.3 Å². The number of hydrogen-bond acceptors (Lipinski definition) is 7. The van der Waals surface area contributed by atoms with Gasteiger partial charge in [-0.1, -0.05) is 29.8 Å².